The Morgan fingerprint density at radius 3 is 2.86 bits per heavy atom. The second kappa shape index (κ2) is 6.20. The molecule has 3 rings (SSSR count). The highest BCUT2D eigenvalue weighted by molar-refractivity contribution is 6.33. The highest BCUT2D eigenvalue weighted by atomic mass is 35.5. The zero-order valence-electron chi connectivity index (χ0n) is 12.1. The summed E-state index contributed by atoms with van der Waals surface area (Å²) >= 11 is 6.16. The van der Waals surface area contributed by atoms with Crippen LogP contribution in [-0.2, 0) is 4.79 Å². The molecule has 112 valence electrons. The normalized spacial score (nSPS) is 10.8. The number of nitrogens with one attached hydrogen (secondary N) is 1. The van der Waals surface area contributed by atoms with Crippen molar-refractivity contribution in [2.45, 2.75) is 19.8 Å². The number of carbonyl (C=O) groups excluding carboxylic acids is 1. The largest absolute Gasteiger partial charge is 0.436 e. The topological polar surface area (TPSA) is 55.1 Å². The van der Waals surface area contributed by atoms with Gasteiger partial charge in [-0.3, -0.25) is 4.79 Å². The SMILES string of the molecule is CCCC(=O)Nc1ccc2oc(-c3ccccc3Cl)nc2c1. The number of hydrogen-bond acceptors (Lipinski definition) is 3. The molecule has 1 amide bonds. The fourth-order valence-electron chi connectivity index (χ4n) is 2.21. The molecule has 2 aromatic carbocycles. The second-order valence-electron chi connectivity index (χ2n) is 4.98. The number of amides is 1. The van der Waals surface area contributed by atoms with Gasteiger partial charge in [-0.2, -0.15) is 0 Å². The van der Waals surface area contributed by atoms with E-state index in [1.165, 1.54) is 0 Å². The smallest absolute Gasteiger partial charge is 0.228 e. The fourth-order valence-corrected chi connectivity index (χ4v) is 2.42. The molecule has 5 heteroatoms. The van der Waals surface area contributed by atoms with E-state index in [1.54, 1.807) is 24.3 Å². The predicted octanol–water partition coefficient (Wildman–Crippen LogP) is 4.89. The Morgan fingerprint density at radius 1 is 1.27 bits per heavy atom. The lowest BCUT2D eigenvalue weighted by atomic mass is 10.2. The predicted molar refractivity (Wildman–Crippen MR) is 88.0 cm³/mol. The number of fused-ring (bicyclic) bond motifs is 1. The molecule has 3 aromatic rings. The molecular weight excluding hydrogens is 300 g/mol. The molecule has 0 aliphatic carbocycles. The summed E-state index contributed by atoms with van der Waals surface area (Å²) in [7, 11) is 0. The molecule has 0 atom stereocenters. The Hall–Kier alpha value is -2.33. The fraction of sp³-hybridized carbons (Fsp3) is 0.176. The summed E-state index contributed by atoms with van der Waals surface area (Å²) in [4.78, 5) is 16.1. The average Bonchev–Trinajstić information content (AvgIpc) is 2.90. The number of anilines is 1. The molecule has 0 unspecified atom stereocenters. The van der Waals surface area contributed by atoms with E-state index in [0.29, 0.717) is 34.1 Å². The van der Waals surface area contributed by atoms with Crippen molar-refractivity contribution in [3.8, 4) is 11.5 Å². The van der Waals surface area contributed by atoms with Crippen molar-refractivity contribution in [1.29, 1.82) is 0 Å². The van der Waals surface area contributed by atoms with Gasteiger partial charge in [0.2, 0.25) is 11.8 Å². The summed E-state index contributed by atoms with van der Waals surface area (Å²) in [5.41, 5.74) is 2.80. The number of nitrogens with zero attached hydrogens (tertiary/aromatic N) is 1. The summed E-state index contributed by atoms with van der Waals surface area (Å²) in [5.74, 6) is 0.467. The summed E-state index contributed by atoms with van der Waals surface area (Å²) in [6.45, 7) is 1.97. The van der Waals surface area contributed by atoms with Gasteiger partial charge in [-0.15, -0.1) is 0 Å². The van der Waals surface area contributed by atoms with E-state index in [1.807, 2.05) is 25.1 Å². The number of hydrogen-bond donors (Lipinski definition) is 1. The number of halogens is 1. The number of carbonyl (C=O) groups is 1. The van der Waals surface area contributed by atoms with Gasteiger partial charge in [0.15, 0.2) is 5.58 Å². The van der Waals surface area contributed by atoms with Crippen LogP contribution in [0.2, 0.25) is 5.02 Å². The van der Waals surface area contributed by atoms with Crippen molar-refractivity contribution < 1.29 is 9.21 Å². The molecule has 0 fully saturated rings. The Labute approximate surface area is 133 Å². The molecule has 1 N–H and O–H groups in total. The maximum atomic E-state index is 11.6. The van der Waals surface area contributed by atoms with Crippen molar-refractivity contribution in [2.24, 2.45) is 0 Å². The first-order chi connectivity index (χ1) is 10.7. The number of rotatable bonds is 4. The minimum atomic E-state index is -0.00308. The maximum Gasteiger partial charge on any atom is 0.228 e. The molecule has 0 radical (unpaired) electrons. The van der Waals surface area contributed by atoms with Gasteiger partial charge in [0, 0.05) is 12.1 Å². The highest BCUT2D eigenvalue weighted by Crippen LogP contribution is 2.30. The molecule has 0 bridgehead atoms. The molecule has 0 aliphatic rings. The molecule has 22 heavy (non-hydrogen) atoms. The summed E-state index contributed by atoms with van der Waals surface area (Å²) in [5, 5.41) is 3.44. The monoisotopic (exact) mass is 314 g/mol. The third kappa shape index (κ3) is 2.97. The third-order valence-electron chi connectivity index (χ3n) is 3.25. The standard InChI is InChI=1S/C17H15ClN2O2/c1-2-5-16(21)19-11-8-9-15-14(10-11)20-17(22-15)12-6-3-4-7-13(12)18/h3-4,6-10H,2,5H2,1H3,(H,19,21). The van der Waals surface area contributed by atoms with Crippen LogP contribution in [0.25, 0.3) is 22.6 Å². The van der Waals surface area contributed by atoms with Crippen LogP contribution in [0.1, 0.15) is 19.8 Å². The lowest BCUT2D eigenvalue weighted by Crippen LogP contribution is -2.10. The van der Waals surface area contributed by atoms with Crippen molar-refractivity contribution in [3.05, 3.63) is 47.5 Å². The van der Waals surface area contributed by atoms with Crippen LogP contribution in [0.4, 0.5) is 5.69 Å². The second-order valence-corrected chi connectivity index (χ2v) is 5.39. The molecule has 1 aromatic heterocycles. The van der Waals surface area contributed by atoms with Crippen LogP contribution in [0.5, 0.6) is 0 Å². The van der Waals surface area contributed by atoms with E-state index in [4.69, 9.17) is 16.0 Å². The van der Waals surface area contributed by atoms with E-state index >= 15 is 0 Å². The molecule has 4 nitrogen and oxygen atoms in total. The van der Waals surface area contributed by atoms with Crippen LogP contribution >= 0.6 is 11.6 Å². The van der Waals surface area contributed by atoms with Gasteiger partial charge in [0.25, 0.3) is 0 Å². The van der Waals surface area contributed by atoms with Crippen molar-refractivity contribution >= 4 is 34.3 Å². The van der Waals surface area contributed by atoms with Crippen molar-refractivity contribution in [1.82, 2.24) is 4.98 Å². The van der Waals surface area contributed by atoms with Crippen LogP contribution < -0.4 is 5.32 Å². The van der Waals surface area contributed by atoms with Crippen LogP contribution in [0.3, 0.4) is 0 Å². The minimum absolute atomic E-state index is 0.00308. The summed E-state index contributed by atoms with van der Waals surface area (Å²) < 4.78 is 5.73. The summed E-state index contributed by atoms with van der Waals surface area (Å²) in [6.07, 6.45) is 1.32. The Kier molecular flexibility index (Phi) is 4.11. The lowest BCUT2D eigenvalue weighted by Gasteiger charge is -2.02. The highest BCUT2D eigenvalue weighted by Gasteiger charge is 2.12. The summed E-state index contributed by atoms with van der Waals surface area (Å²) in [6, 6.07) is 12.8. The first kappa shape index (κ1) is 14.6. The minimum Gasteiger partial charge on any atom is -0.436 e. The van der Waals surface area contributed by atoms with Gasteiger partial charge >= 0.3 is 0 Å². The first-order valence-corrected chi connectivity index (χ1v) is 7.50. The Bertz CT molecular complexity index is 826. The Balaban J connectivity index is 1.94. The van der Waals surface area contributed by atoms with Gasteiger partial charge in [-0.05, 0) is 36.8 Å². The first-order valence-electron chi connectivity index (χ1n) is 7.12. The molecular formula is C17H15ClN2O2. The quantitative estimate of drug-likeness (QED) is 0.746. The van der Waals surface area contributed by atoms with Gasteiger partial charge in [0.1, 0.15) is 5.52 Å². The van der Waals surface area contributed by atoms with E-state index in [-0.39, 0.29) is 5.91 Å². The molecule has 0 aliphatic heterocycles. The van der Waals surface area contributed by atoms with Crippen LogP contribution in [0, 0.1) is 0 Å². The average molecular weight is 315 g/mol. The third-order valence-corrected chi connectivity index (χ3v) is 3.58. The zero-order chi connectivity index (χ0) is 15.5. The molecule has 0 saturated heterocycles. The van der Waals surface area contributed by atoms with E-state index in [2.05, 4.69) is 10.3 Å². The zero-order valence-corrected chi connectivity index (χ0v) is 12.9. The van der Waals surface area contributed by atoms with Gasteiger partial charge < -0.3 is 9.73 Å². The van der Waals surface area contributed by atoms with E-state index in [9.17, 15) is 4.79 Å². The Morgan fingerprint density at radius 2 is 2.09 bits per heavy atom. The van der Waals surface area contributed by atoms with Gasteiger partial charge in [0.05, 0.1) is 10.6 Å². The van der Waals surface area contributed by atoms with E-state index < -0.39 is 0 Å². The van der Waals surface area contributed by atoms with Crippen LogP contribution in [0.15, 0.2) is 46.9 Å². The molecule has 0 saturated carbocycles. The number of oxazole rings is 1. The number of benzene rings is 2. The van der Waals surface area contributed by atoms with Crippen LogP contribution in [-0.4, -0.2) is 10.9 Å². The molecule has 1 heterocycles. The van der Waals surface area contributed by atoms with Gasteiger partial charge in [-0.25, -0.2) is 4.98 Å². The number of aromatic nitrogens is 1. The maximum absolute atomic E-state index is 11.6. The van der Waals surface area contributed by atoms with Crippen molar-refractivity contribution in [2.75, 3.05) is 5.32 Å². The lowest BCUT2D eigenvalue weighted by molar-refractivity contribution is -0.116. The van der Waals surface area contributed by atoms with Gasteiger partial charge in [-0.1, -0.05) is 30.7 Å². The van der Waals surface area contributed by atoms with Crippen molar-refractivity contribution in [3.63, 3.8) is 0 Å². The van der Waals surface area contributed by atoms with E-state index in [0.717, 1.165) is 12.0 Å². The molecule has 0 spiro atoms.